The molecule has 1 aromatic rings. The smallest absolute Gasteiger partial charge is 0.0746 e. The van der Waals surface area contributed by atoms with Gasteiger partial charge < -0.3 is 10.6 Å². The molecule has 2 N–H and O–H groups in total. The third kappa shape index (κ3) is 1.77. The number of nitrogen functional groups attached to an aromatic ring is 1. The Kier molecular flexibility index (Phi) is 2.75. The molecule has 1 aliphatic heterocycles. The molecule has 76 valence electrons. The zero-order valence-electron chi connectivity index (χ0n) is 7.76. The molecular weight excluding hydrogens is 219 g/mol. The lowest BCUT2D eigenvalue weighted by molar-refractivity contribution is 0.949. The number of nitrogens with two attached hydrogens (primary N) is 1. The van der Waals surface area contributed by atoms with E-state index in [0.717, 1.165) is 18.8 Å². The lowest BCUT2D eigenvalue weighted by Gasteiger charge is -2.20. The van der Waals surface area contributed by atoms with E-state index in [-0.39, 0.29) is 0 Å². The van der Waals surface area contributed by atoms with Gasteiger partial charge in [-0.1, -0.05) is 23.2 Å². The summed E-state index contributed by atoms with van der Waals surface area (Å²) in [6.45, 7) is 2.06. The van der Waals surface area contributed by atoms with Crippen LogP contribution in [0.3, 0.4) is 0 Å². The van der Waals surface area contributed by atoms with E-state index < -0.39 is 0 Å². The molecule has 0 spiro atoms. The second kappa shape index (κ2) is 3.87. The molecule has 2 nitrogen and oxygen atoms in total. The second-order valence-electron chi connectivity index (χ2n) is 3.53. The van der Waals surface area contributed by atoms with Gasteiger partial charge in [0.1, 0.15) is 0 Å². The van der Waals surface area contributed by atoms with Crippen molar-refractivity contribution in [2.75, 3.05) is 23.7 Å². The van der Waals surface area contributed by atoms with Crippen LogP contribution in [-0.2, 0) is 0 Å². The van der Waals surface area contributed by atoms with Crippen molar-refractivity contribution in [2.45, 2.75) is 12.8 Å². The number of benzene rings is 1. The van der Waals surface area contributed by atoms with Crippen molar-refractivity contribution < 1.29 is 0 Å². The van der Waals surface area contributed by atoms with Gasteiger partial charge in [-0.3, -0.25) is 0 Å². The molecule has 0 radical (unpaired) electrons. The highest BCUT2D eigenvalue weighted by molar-refractivity contribution is 6.39. The van der Waals surface area contributed by atoms with Gasteiger partial charge in [0, 0.05) is 18.8 Å². The molecule has 1 fully saturated rings. The summed E-state index contributed by atoms with van der Waals surface area (Å²) in [5.74, 6) is 0. The molecule has 14 heavy (non-hydrogen) atoms. The number of hydrogen-bond donors (Lipinski definition) is 1. The van der Waals surface area contributed by atoms with Crippen LogP contribution in [-0.4, -0.2) is 13.1 Å². The summed E-state index contributed by atoms with van der Waals surface area (Å²) in [5.41, 5.74) is 7.18. The van der Waals surface area contributed by atoms with E-state index in [1.165, 1.54) is 12.8 Å². The van der Waals surface area contributed by atoms with Crippen LogP contribution in [0.15, 0.2) is 12.1 Å². The van der Waals surface area contributed by atoms with Gasteiger partial charge >= 0.3 is 0 Å². The van der Waals surface area contributed by atoms with Gasteiger partial charge in [0.05, 0.1) is 15.7 Å². The first-order valence-corrected chi connectivity index (χ1v) is 5.43. The van der Waals surface area contributed by atoms with Crippen LogP contribution in [0.5, 0.6) is 0 Å². The minimum atomic E-state index is 0.614. The maximum Gasteiger partial charge on any atom is 0.0746 e. The molecule has 0 bridgehead atoms. The Hall–Kier alpha value is -0.600. The molecular formula is C10H12Cl2N2. The fourth-order valence-electron chi connectivity index (χ4n) is 1.83. The number of hydrogen-bond acceptors (Lipinski definition) is 2. The Balaban J connectivity index is 2.40. The quantitative estimate of drug-likeness (QED) is 0.752. The third-order valence-electron chi connectivity index (χ3n) is 2.46. The maximum atomic E-state index is 6.11. The van der Waals surface area contributed by atoms with Gasteiger partial charge in [-0.25, -0.2) is 0 Å². The predicted molar refractivity (Wildman–Crippen MR) is 62.3 cm³/mol. The molecule has 1 heterocycles. The fraction of sp³-hybridized carbons (Fsp3) is 0.400. The minimum Gasteiger partial charge on any atom is -0.399 e. The first-order chi connectivity index (χ1) is 6.68. The van der Waals surface area contributed by atoms with Crippen molar-refractivity contribution in [3.8, 4) is 0 Å². The van der Waals surface area contributed by atoms with Crippen LogP contribution < -0.4 is 10.6 Å². The molecule has 0 amide bonds. The van der Waals surface area contributed by atoms with Crippen molar-refractivity contribution >= 4 is 34.6 Å². The zero-order valence-corrected chi connectivity index (χ0v) is 9.28. The average Bonchev–Trinajstić information content (AvgIpc) is 2.54. The lowest BCUT2D eigenvalue weighted by atomic mass is 10.2. The zero-order chi connectivity index (χ0) is 10.1. The highest BCUT2D eigenvalue weighted by Gasteiger charge is 2.18. The molecule has 4 heteroatoms. The van der Waals surface area contributed by atoms with Crippen molar-refractivity contribution in [3.63, 3.8) is 0 Å². The Morgan fingerprint density at radius 2 is 1.57 bits per heavy atom. The van der Waals surface area contributed by atoms with Crippen LogP contribution in [0.4, 0.5) is 11.4 Å². The molecule has 2 rings (SSSR count). The number of halogens is 2. The molecule has 1 saturated heterocycles. The van der Waals surface area contributed by atoms with Gasteiger partial charge in [-0.15, -0.1) is 0 Å². The lowest BCUT2D eigenvalue weighted by Crippen LogP contribution is -2.18. The summed E-state index contributed by atoms with van der Waals surface area (Å²) >= 11 is 12.2. The van der Waals surface area contributed by atoms with Gasteiger partial charge in [0.15, 0.2) is 0 Å². The fourth-order valence-corrected chi connectivity index (χ4v) is 2.57. The van der Waals surface area contributed by atoms with E-state index in [2.05, 4.69) is 4.90 Å². The van der Waals surface area contributed by atoms with Crippen molar-refractivity contribution in [1.82, 2.24) is 0 Å². The van der Waals surface area contributed by atoms with Gasteiger partial charge in [-0.2, -0.15) is 0 Å². The number of nitrogens with zero attached hydrogens (tertiary/aromatic N) is 1. The summed E-state index contributed by atoms with van der Waals surface area (Å²) < 4.78 is 0. The molecule has 0 unspecified atom stereocenters. The minimum absolute atomic E-state index is 0.614. The SMILES string of the molecule is Nc1cc(Cl)c(N2CCCC2)c(Cl)c1. The van der Waals surface area contributed by atoms with E-state index in [1.807, 2.05) is 0 Å². The molecule has 0 aromatic heterocycles. The van der Waals surface area contributed by atoms with Gasteiger partial charge in [0.2, 0.25) is 0 Å². The summed E-state index contributed by atoms with van der Waals surface area (Å²) in [6, 6.07) is 3.50. The molecule has 0 saturated carbocycles. The highest BCUT2D eigenvalue weighted by Crippen LogP contribution is 2.37. The molecule has 0 atom stereocenters. The highest BCUT2D eigenvalue weighted by atomic mass is 35.5. The Morgan fingerprint density at radius 1 is 1.07 bits per heavy atom. The van der Waals surface area contributed by atoms with Crippen LogP contribution in [0.1, 0.15) is 12.8 Å². The predicted octanol–water partition coefficient (Wildman–Crippen LogP) is 3.18. The molecule has 0 aliphatic carbocycles. The van der Waals surface area contributed by atoms with Crippen LogP contribution in [0, 0.1) is 0 Å². The van der Waals surface area contributed by atoms with E-state index in [1.54, 1.807) is 12.1 Å². The maximum absolute atomic E-state index is 6.11. The standard InChI is InChI=1S/C10H12Cl2N2/c11-8-5-7(13)6-9(12)10(8)14-3-1-2-4-14/h5-6H,1-4,13H2. The van der Waals surface area contributed by atoms with Crippen LogP contribution in [0.2, 0.25) is 10.0 Å². The van der Waals surface area contributed by atoms with E-state index >= 15 is 0 Å². The average molecular weight is 231 g/mol. The van der Waals surface area contributed by atoms with Crippen LogP contribution in [0.25, 0.3) is 0 Å². The summed E-state index contributed by atoms with van der Waals surface area (Å²) in [6.07, 6.45) is 2.41. The molecule has 1 aliphatic rings. The van der Waals surface area contributed by atoms with E-state index in [9.17, 15) is 0 Å². The Morgan fingerprint density at radius 3 is 2.07 bits per heavy atom. The molecule has 1 aromatic carbocycles. The van der Waals surface area contributed by atoms with Crippen molar-refractivity contribution in [2.24, 2.45) is 0 Å². The van der Waals surface area contributed by atoms with E-state index in [4.69, 9.17) is 28.9 Å². The first kappa shape index (κ1) is 9.94. The second-order valence-corrected chi connectivity index (χ2v) is 4.34. The summed E-state index contributed by atoms with van der Waals surface area (Å²) in [7, 11) is 0. The summed E-state index contributed by atoms with van der Waals surface area (Å²) in [4.78, 5) is 2.21. The van der Waals surface area contributed by atoms with Gasteiger partial charge in [-0.05, 0) is 25.0 Å². The number of anilines is 2. The van der Waals surface area contributed by atoms with Crippen LogP contribution >= 0.6 is 23.2 Å². The monoisotopic (exact) mass is 230 g/mol. The van der Waals surface area contributed by atoms with Gasteiger partial charge in [0.25, 0.3) is 0 Å². The largest absolute Gasteiger partial charge is 0.399 e. The van der Waals surface area contributed by atoms with Crippen molar-refractivity contribution in [1.29, 1.82) is 0 Å². The Labute approximate surface area is 93.6 Å². The normalized spacial score (nSPS) is 16.3. The third-order valence-corrected chi connectivity index (χ3v) is 3.04. The Bertz CT molecular complexity index is 323. The summed E-state index contributed by atoms with van der Waals surface area (Å²) in [5, 5.41) is 1.30. The topological polar surface area (TPSA) is 29.3 Å². The number of rotatable bonds is 1. The van der Waals surface area contributed by atoms with E-state index in [0.29, 0.717) is 15.7 Å². The first-order valence-electron chi connectivity index (χ1n) is 4.68. The van der Waals surface area contributed by atoms with Crippen molar-refractivity contribution in [3.05, 3.63) is 22.2 Å².